The molecule has 0 spiro atoms. The van der Waals surface area contributed by atoms with Gasteiger partial charge in [0.05, 0.1) is 0 Å². The van der Waals surface area contributed by atoms with Gasteiger partial charge in [-0.25, -0.2) is 0 Å². The lowest BCUT2D eigenvalue weighted by Gasteiger charge is -2.38. The lowest BCUT2D eigenvalue weighted by atomic mass is 9.67. The third-order valence-electron chi connectivity index (χ3n) is 6.73. The minimum atomic E-state index is 0.860. The summed E-state index contributed by atoms with van der Waals surface area (Å²) in [5.41, 5.74) is 2.98. The largest absolute Gasteiger partial charge is 0.100 e. The Morgan fingerprint density at radius 1 is 0.962 bits per heavy atom. The summed E-state index contributed by atoms with van der Waals surface area (Å²) in [4.78, 5) is 0. The fraction of sp³-hybridized carbons (Fsp3) is 0.846. The molecule has 0 bridgehead atoms. The highest BCUT2D eigenvalue weighted by Gasteiger charge is 2.31. The molecule has 1 aliphatic carbocycles. The minimum Gasteiger partial charge on any atom is -0.100 e. The second kappa shape index (κ2) is 13.6. The third kappa shape index (κ3) is 10.6. The van der Waals surface area contributed by atoms with Crippen molar-refractivity contribution in [3.05, 3.63) is 23.8 Å². The van der Waals surface area contributed by atoms with Crippen LogP contribution in [0.3, 0.4) is 0 Å². The molecule has 1 aliphatic rings. The summed E-state index contributed by atoms with van der Waals surface area (Å²) in [5.74, 6) is 3.72. The highest BCUT2D eigenvalue weighted by Crippen LogP contribution is 2.41. The van der Waals surface area contributed by atoms with E-state index in [4.69, 9.17) is 0 Å². The molecule has 0 aromatic rings. The van der Waals surface area contributed by atoms with E-state index in [1.807, 2.05) is 0 Å². The van der Waals surface area contributed by atoms with E-state index < -0.39 is 0 Å². The molecule has 0 aliphatic heterocycles. The molecule has 0 radical (unpaired) electrons. The SMILES string of the molecule is C=C(C)CCCCCCCCCC(C)CC=C(C)CC(C)C1CCC1C. The van der Waals surface area contributed by atoms with Gasteiger partial charge in [-0.05, 0) is 69.6 Å². The highest BCUT2D eigenvalue weighted by atomic mass is 14.4. The molecule has 1 fully saturated rings. The zero-order valence-corrected chi connectivity index (χ0v) is 18.8. The van der Waals surface area contributed by atoms with Crippen LogP contribution in [0.5, 0.6) is 0 Å². The molecule has 4 unspecified atom stereocenters. The van der Waals surface area contributed by atoms with Crippen LogP contribution in [0.1, 0.15) is 118 Å². The van der Waals surface area contributed by atoms with Gasteiger partial charge in [-0.1, -0.05) is 89.4 Å². The normalized spacial score (nSPS) is 22.7. The van der Waals surface area contributed by atoms with Gasteiger partial charge >= 0.3 is 0 Å². The Morgan fingerprint density at radius 2 is 1.58 bits per heavy atom. The fourth-order valence-corrected chi connectivity index (χ4v) is 4.60. The van der Waals surface area contributed by atoms with Crippen LogP contribution in [0.2, 0.25) is 0 Å². The molecular formula is C26H48. The Labute approximate surface area is 165 Å². The van der Waals surface area contributed by atoms with Crippen molar-refractivity contribution in [2.75, 3.05) is 0 Å². The van der Waals surface area contributed by atoms with E-state index in [1.165, 1.54) is 89.0 Å². The van der Waals surface area contributed by atoms with Gasteiger partial charge in [-0.3, -0.25) is 0 Å². The first-order valence-electron chi connectivity index (χ1n) is 11.7. The topological polar surface area (TPSA) is 0 Å². The van der Waals surface area contributed by atoms with Crippen LogP contribution in [-0.4, -0.2) is 0 Å². The van der Waals surface area contributed by atoms with Crippen molar-refractivity contribution in [1.29, 1.82) is 0 Å². The van der Waals surface area contributed by atoms with Gasteiger partial charge in [-0.15, -0.1) is 6.58 Å². The van der Waals surface area contributed by atoms with Crippen LogP contribution in [0, 0.1) is 23.7 Å². The van der Waals surface area contributed by atoms with Crippen LogP contribution in [0.4, 0.5) is 0 Å². The zero-order valence-electron chi connectivity index (χ0n) is 18.8. The summed E-state index contributed by atoms with van der Waals surface area (Å²) in [6, 6.07) is 0. The van der Waals surface area contributed by atoms with Crippen molar-refractivity contribution < 1.29 is 0 Å². The lowest BCUT2D eigenvalue weighted by Crippen LogP contribution is -2.29. The van der Waals surface area contributed by atoms with E-state index in [1.54, 1.807) is 5.57 Å². The highest BCUT2D eigenvalue weighted by molar-refractivity contribution is 5.01. The molecule has 0 aromatic heterocycles. The quantitative estimate of drug-likeness (QED) is 0.202. The van der Waals surface area contributed by atoms with Crippen molar-refractivity contribution >= 4 is 0 Å². The maximum absolute atomic E-state index is 3.98. The van der Waals surface area contributed by atoms with Crippen molar-refractivity contribution in [3.8, 4) is 0 Å². The molecule has 0 heteroatoms. The van der Waals surface area contributed by atoms with E-state index in [0.717, 1.165) is 23.7 Å². The monoisotopic (exact) mass is 360 g/mol. The van der Waals surface area contributed by atoms with Crippen molar-refractivity contribution in [2.45, 2.75) is 118 Å². The van der Waals surface area contributed by atoms with Crippen LogP contribution < -0.4 is 0 Å². The number of allylic oxidation sites excluding steroid dienone is 3. The lowest BCUT2D eigenvalue weighted by molar-refractivity contribution is 0.128. The molecule has 152 valence electrons. The Kier molecular flexibility index (Phi) is 12.3. The van der Waals surface area contributed by atoms with Crippen molar-refractivity contribution in [2.24, 2.45) is 23.7 Å². The first kappa shape index (κ1) is 23.5. The molecule has 1 rings (SSSR count). The van der Waals surface area contributed by atoms with Gasteiger partial charge in [0, 0.05) is 0 Å². The average molecular weight is 361 g/mol. The Hall–Kier alpha value is -0.520. The second-order valence-corrected chi connectivity index (χ2v) is 9.76. The van der Waals surface area contributed by atoms with Gasteiger partial charge < -0.3 is 0 Å². The molecule has 0 heterocycles. The van der Waals surface area contributed by atoms with Crippen LogP contribution >= 0.6 is 0 Å². The van der Waals surface area contributed by atoms with Gasteiger partial charge in [0.15, 0.2) is 0 Å². The maximum Gasteiger partial charge on any atom is -0.0294 e. The predicted octanol–water partition coefficient (Wildman–Crippen LogP) is 9.12. The Balaban J connectivity index is 1.98. The summed E-state index contributed by atoms with van der Waals surface area (Å²) in [6.45, 7) is 15.8. The third-order valence-corrected chi connectivity index (χ3v) is 6.73. The fourth-order valence-electron chi connectivity index (χ4n) is 4.60. The van der Waals surface area contributed by atoms with Gasteiger partial charge in [-0.2, -0.15) is 0 Å². The summed E-state index contributed by atoms with van der Waals surface area (Å²) in [6.07, 6.45) is 20.6. The van der Waals surface area contributed by atoms with E-state index in [-0.39, 0.29) is 0 Å². The zero-order chi connectivity index (χ0) is 19.4. The number of rotatable bonds is 15. The second-order valence-electron chi connectivity index (χ2n) is 9.76. The van der Waals surface area contributed by atoms with E-state index in [0.29, 0.717) is 0 Å². The summed E-state index contributed by atoms with van der Waals surface area (Å²) in [5, 5.41) is 0. The number of unbranched alkanes of at least 4 members (excludes halogenated alkanes) is 6. The van der Waals surface area contributed by atoms with E-state index >= 15 is 0 Å². The predicted molar refractivity (Wildman–Crippen MR) is 120 cm³/mol. The van der Waals surface area contributed by atoms with E-state index in [9.17, 15) is 0 Å². The van der Waals surface area contributed by atoms with Gasteiger partial charge in [0.25, 0.3) is 0 Å². The molecule has 0 amide bonds. The molecule has 0 aromatic carbocycles. The van der Waals surface area contributed by atoms with Crippen molar-refractivity contribution in [1.82, 2.24) is 0 Å². The molecule has 4 atom stereocenters. The standard InChI is InChI=1S/C26H48/c1-21(2)14-12-10-8-7-9-11-13-15-22(3)16-17-23(4)20-25(6)26-19-18-24(26)5/h17,22,24-26H,1,7-16,18-20H2,2-6H3. The maximum atomic E-state index is 3.98. The van der Waals surface area contributed by atoms with Gasteiger partial charge in [0.2, 0.25) is 0 Å². The summed E-state index contributed by atoms with van der Waals surface area (Å²) < 4.78 is 0. The number of hydrogen-bond acceptors (Lipinski definition) is 0. The molecular weight excluding hydrogens is 312 g/mol. The van der Waals surface area contributed by atoms with Crippen LogP contribution in [0.25, 0.3) is 0 Å². The molecule has 1 saturated carbocycles. The molecule has 26 heavy (non-hydrogen) atoms. The average Bonchev–Trinajstić information content (AvgIpc) is 2.56. The Bertz CT molecular complexity index is 402. The smallest absolute Gasteiger partial charge is 0.0294 e. The number of hydrogen-bond donors (Lipinski definition) is 0. The first-order valence-corrected chi connectivity index (χ1v) is 11.7. The summed E-state index contributed by atoms with van der Waals surface area (Å²) >= 11 is 0. The summed E-state index contributed by atoms with van der Waals surface area (Å²) in [7, 11) is 0. The van der Waals surface area contributed by atoms with Gasteiger partial charge in [0.1, 0.15) is 0 Å². The molecule has 0 saturated heterocycles. The first-order chi connectivity index (χ1) is 12.4. The van der Waals surface area contributed by atoms with Crippen molar-refractivity contribution in [3.63, 3.8) is 0 Å². The Morgan fingerprint density at radius 3 is 2.12 bits per heavy atom. The van der Waals surface area contributed by atoms with Crippen LogP contribution in [0.15, 0.2) is 23.8 Å². The van der Waals surface area contributed by atoms with Crippen LogP contribution in [-0.2, 0) is 0 Å². The van der Waals surface area contributed by atoms with E-state index in [2.05, 4.69) is 47.3 Å². The molecule has 0 N–H and O–H groups in total. The molecule has 0 nitrogen and oxygen atoms in total. The minimum absolute atomic E-state index is 0.860.